The molecule has 0 saturated carbocycles. The van der Waals surface area contributed by atoms with E-state index in [2.05, 4.69) is 47.3 Å². The summed E-state index contributed by atoms with van der Waals surface area (Å²) in [7, 11) is 0. The number of rotatable bonds is 3. The van der Waals surface area contributed by atoms with Crippen LogP contribution in [-0.2, 0) is 0 Å². The highest BCUT2D eigenvalue weighted by Crippen LogP contribution is 2.24. The third-order valence-corrected chi connectivity index (χ3v) is 3.14. The van der Waals surface area contributed by atoms with Gasteiger partial charge in [-0.2, -0.15) is 5.26 Å². The maximum absolute atomic E-state index is 8.96. The van der Waals surface area contributed by atoms with Crippen molar-refractivity contribution in [2.24, 2.45) is 0 Å². The molecule has 0 atom stereocenters. The van der Waals surface area contributed by atoms with E-state index in [1.165, 1.54) is 5.56 Å². The van der Waals surface area contributed by atoms with Crippen molar-refractivity contribution in [3.05, 3.63) is 46.9 Å². The largest absolute Gasteiger partial charge is 0.340 e. The Morgan fingerprint density at radius 1 is 1.15 bits per heavy atom. The summed E-state index contributed by atoms with van der Waals surface area (Å²) < 4.78 is 0. The molecule has 2 rings (SSSR count). The van der Waals surface area contributed by atoms with Crippen molar-refractivity contribution in [3.63, 3.8) is 0 Å². The van der Waals surface area contributed by atoms with Gasteiger partial charge in [0.05, 0.1) is 0 Å². The van der Waals surface area contributed by atoms with Gasteiger partial charge >= 0.3 is 0 Å². The minimum atomic E-state index is 0.373. The monoisotopic (exact) mass is 266 g/mol. The van der Waals surface area contributed by atoms with E-state index in [4.69, 9.17) is 5.26 Å². The van der Waals surface area contributed by atoms with Crippen LogP contribution in [0.2, 0.25) is 0 Å². The van der Waals surface area contributed by atoms with Gasteiger partial charge in [-0.1, -0.05) is 26.0 Å². The molecular formula is C16H18N4. The van der Waals surface area contributed by atoms with Crippen LogP contribution >= 0.6 is 0 Å². The van der Waals surface area contributed by atoms with Gasteiger partial charge in [-0.25, -0.2) is 9.97 Å². The summed E-state index contributed by atoms with van der Waals surface area (Å²) in [6, 6.07) is 10.1. The van der Waals surface area contributed by atoms with Crippen molar-refractivity contribution >= 4 is 11.5 Å². The van der Waals surface area contributed by atoms with Crippen LogP contribution in [0, 0.1) is 25.2 Å². The molecule has 0 aliphatic rings. The van der Waals surface area contributed by atoms with E-state index in [0.29, 0.717) is 23.3 Å². The Morgan fingerprint density at radius 3 is 2.55 bits per heavy atom. The van der Waals surface area contributed by atoms with Gasteiger partial charge in [0.1, 0.15) is 23.4 Å². The van der Waals surface area contributed by atoms with Crippen LogP contribution in [0.4, 0.5) is 11.5 Å². The van der Waals surface area contributed by atoms with E-state index < -0.39 is 0 Å². The van der Waals surface area contributed by atoms with Crippen LogP contribution in [-0.4, -0.2) is 9.97 Å². The average molecular weight is 266 g/mol. The van der Waals surface area contributed by atoms with Crippen LogP contribution in [0.25, 0.3) is 0 Å². The van der Waals surface area contributed by atoms with Crippen molar-refractivity contribution in [2.75, 3.05) is 5.32 Å². The van der Waals surface area contributed by atoms with Gasteiger partial charge in [-0.3, -0.25) is 0 Å². The molecule has 102 valence electrons. The Balaban J connectivity index is 2.37. The Morgan fingerprint density at radius 2 is 1.90 bits per heavy atom. The number of nitriles is 1. The standard InChI is InChI=1S/C16H18N4/c1-10(2)13-6-5-11(3)15(7-13)20-16-8-14(9-17)18-12(4)19-16/h5-8,10H,1-4H3,(H,18,19,20). The van der Waals surface area contributed by atoms with Crippen molar-refractivity contribution in [3.8, 4) is 6.07 Å². The first-order chi connectivity index (χ1) is 9.49. The molecule has 0 aliphatic carbocycles. The second kappa shape index (κ2) is 5.70. The summed E-state index contributed by atoms with van der Waals surface area (Å²) in [6.07, 6.45) is 0. The fourth-order valence-corrected chi connectivity index (χ4v) is 1.96. The topological polar surface area (TPSA) is 61.6 Å². The lowest BCUT2D eigenvalue weighted by Gasteiger charge is -2.13. The highest BCUT2D eigenvalue weighted by molar-refractivity contribution is 5.62. The number of hydrogen-bond donors (Lipinski definition) is 1. The number of aromatic nitrogens is 2. The molecule has 0 unspecified atom stereocenters. The van der Waals surface area contributed by atoms with Crippen LogP contribution < -0.4 is 5.32 Å². The molecule has 0 aliphatic heterocycles. The lowest BCUT2D eigenvalue weighted by molar-refractivity contribution is 0.866. The highest BCUT2D eigenvalue weighted by atomic mass is 15.0. The van der Waals surface area contributed by atoms with Gasteiger partial charge in [-0.05, 0) is 37.0 Å². The molecular weight excluding hydrogens is 248 g/mol. The molecule has 20 heavy (non-hydrogen) atoms. The minimum absolute atomic E-state index is 0.373. The zero-order valence-corrected chi connectivity index (χ0v) is 12.2. The maximum Gasteiger partial charge on any atom is 0.146 e. The molecule has 4 nitrogen and oxygen atoms in total. The number of hydrogen-bond acceptors (Lipinski definition) is 4. The van der Waals surface area contributed by atoms with Crippen molar-refractivity contribution in [1.82, 2.24) is 9.97 Å². The number of nitrogens with one attached hydrogen (secondary N) is 1. The Hall–Kier alpha value is -2.41. The van der Waals surface area contributed by atoms with Crippen molar-refractivity contribution in [1.29, 1.82) is 5.26 Å². The zero-order chi connectivity index (χ0) is 14.7. The summed E-state index contributed by atoms with van der Waals surface area (Å²) in [5.74, 6) is 1.71. The van der Waals surface area contributed by atoms with Crippen LogP contribution in [0.5, 0.6) is 0 Å². The Kier molecular flexibility index (Phi) is 3.99. The zero-order valence-electron chi connectivity index (χ0n) is 12.2. The lowest BCUT2D eigenvalue weighted by atomic mass is 10.0. The average Bonchev–Trinajstić information content (AvgIpc) is 2.40. The normalized spacial score (nSPS) is 10.4. The molecule has 0 spiro atoms. The van der Waals surface area contributed by atoms with Crippen molar-refractivity contribution in [2.45, 2.75) is 33.6 Å². The van der Waals surface area contributed by atoms with E-state index in [1.54, 1.807) is 13.0 Å². The number of anilines is 2. The maximum atomic E-state index is 8.96. The predicted molar refractivity (Wildman–Crippen MR) is 80.0 cm³/mol. The van der Waals surface area contributed by atoms with Gasteiger partial charge in [0.2, 0.25) is 0 Å². The Labute approximate surface area is 119 Å². The molecule has 0 amide bonds. The van der Waals surface area contributed by atoms with E-state index in [-0.39, 0.29) is 0 Å². The summed E-state index contributed by atoms with van der Waals surface area (Å²) in [5, 5.41) is 12.2. The van der Waals surface area contributed by atoms with E-state index in [0.717, 1.165) is 11.3 Å². The predicted octanol–water partition coefficient (Wildman–Crippen LogP) is 3.83. The first kappa shape index (κ1) is 14.0. The Bertz CT molecular complexity index is 669. The lowest BCUT2D eigenvalue weighted by Crippen LogP contribution is -2.01. The molecule has 0 radical (unpaired) electrons. The second-order valence-corrected chi connectivity index (χ2v) is 5.15. The summed E-state index contributed by atoms with van der Waals surface area (Å²) in [5.41, 5.74) is 3.80. The van der Waals surface area contributed by atoms with Gasteiger partial charge in [0.15, 0.2) is 0 Å². The molecule has 1 heterocycles. The van der Waals surface area contributed by atoms with Gasteiger partial charge in [0, 0.05) is 11.8 Å². The molecule has 0 fully saturated rings. The molecule has 1 aromatic carbocycles. The highest BCUT2D eigenvalue weighted by Gasteiger charge is 2.06. The summed E-state index contributed by atoms with van der Waals surface area (Å²) in [4.78, 5) is 8.37. The molecule has 0 bridgehead atoms. The molecule has 4 heteroatoms. The minimum Gasteiger partial charge on any atom is -0.340 e. The van der Waals surface area contributed by atoms with Gasteiger partial charge in [-0.15, -0.1) is 0 Å². The molecule has 2 aromatic rings. The number of nitrogens with zero attached hydrogens (tertiary/aromatic N) is 3. The number of benzene rings is 1. The molecule has 0 saturated heterocycles. The van der Waals surface area contributed by atoms with Gasteiger partial charge < -0.3 is 5.32 Å². The molecule has 1 N–H and O–H groups in total. The fourth-order valence-electron chi connectivity index (χ4n) is 1.96. The SMILES string of the molecule is Cc1nc(C#N)cc(Nc2cc(C(C)C)ccc2C)n1. The van der Waals surface area contributed by atoms with E-state index >= 15 is 0 Å². The van der Waals surface area contributed by atoms with Crippen LogP contribution in [0.15, 0.2) is 24.3 Å². The van der Waals surface area contributed by atoms with E-state index in [9.17, 15) is 0 Å². The van der Waals surface area contributed by atoms with Crippen LogP contribution in [0.3, 0.4) is 0 Å². The smallest absolute Gasteiger partial charge is 0.146 e. The first-order valence-corrected chi connectivity index (χ1v) is 6.63. The third kappa shape index (κ3) is 3.12. The fraction of sp³-hybridized carbons (Fsp3) is 0.312. The van der Waals surface area contributed by atoms with Crippen molar-refractivity contribution < 1.29 is 0 Å². The first-order valence-electron chi connectivity index (χ1n) is 6.63. The summed E-state index contributed by atoms with van der Waals surface area (Å²) >= 11 is 0. The second-order valence-electron chi connectivity index (χ2n) is 5.15. The number of aryl methyl sites for hydroxylation is 2. The summed E-state index contributed by atoms with van der Waals surface area (Å²) in [6.45, 7) is 8.16. The molecule has 1 aromatic heterocycles. The van der Waals surface area contributed by atoms with E-state index in [1.807, 2.05) is 13.0 Å². The third-order valence-electron chi connectivity index (χ3n) is 3.14. The van der Waals surface area contributed by atoms with Gasteiger partial charge in [0.25, 0.3) is 0 Å². The quantitative estimate of drug-likeness (QED) is 0.917. The van der Waals surface area contributed by atoms with Crippen LogP contribution in [0.1, 0.15) is 42.4 Å².